The van der Waals surface area contributed by atoms with Crippen LogP contribution in [0, 0.1) is 27.7 Å². The van der Waals surface area contributed by atoms with Crippen LogP contribution in [0.2, 0.25) is 0 Å². The molecule has 0 heterocycles. The number of aryl methyl sites for hydroxylation is 4. The van der Waals surface area contributed by atoms with Crippen LogP contribution in [-0.2, 0) is 4.79 Å². The van der Waals surface area contributed by atoms with Crippen molar-refractivity contribution in [3.8, 4) is 0 Å². The Kier molecular flexibility index (Phi) is 6.36. The number of hydrogen-bond acceptors (Lipinski definition) is 3. The van der Waals surface area contributed by atoms with Crippen molar-refractivity contribution in [2.45, 2.75) is 27.7 Å². The maximum Gasteiger partial charge on any atom is 0.257 e. The van der Waals surface area contributed by atoms with E-state index < -0.39 is 0 Å². The van der Waals surface area contributed by atoms with Crippen molar-refractivity contribution < 1.29 is 4.79 Å². The number of anilines is 2. The van der Waals surface area contributed by atoms with Crippen LogP contribution < -0.4 is 21.5 Å². The number of hydrogen-bond donors (Lipinski definition) is 4. The van der Waals surface area contributed by atoms with Gasteiger partial charge in [0.1, 0.15) is 0 Å². The zero-order chi connectivity index (χ0) is 18.4. The third kappa shape index (κ3) is 5.46. The summed E-state index contributed by atoms with van der Waals surface area (Å²) in [7, 11) is 0. The molecule has 2 aromatic carbocycles. The van der Waals surface area contributed by atoms with Crippen molar-refractivity contribution in [2.75, 3.05) is 17.2 Å². The third-order valence-corrected chi connectivity index (χ3v) is 4.02. The Morgan fingerprint density at radius 3 is 2.24 bits per heavy atom. The van der Waals surface area contributed by atoms with Crippen molar-refractivity contribution in [1.82, 2.24) is 10.9 Å². The minimum absolute atomic E-state index is 0.157. The number of carbonyl (C=O) groups is 1. The van der Waals surface area contributed by atoms with Crippen LogP contribution >= 0.6 is 12.2 Å². The molecule has 6 heteroatoms. The molecule has 0 aliphatic heterocycles. The van der Waals surface area contributed by atoms with E-state index in [1.165, 1.54) is 5.56 Å². The number of carbonyl (C=O) groups excluding carboxylic acids is 1. The zero-order valence-electron chi connectivity index (χ0n) is 15.0. The molecule has 1 amide bonds. The van der Waals surface area contributed by atoms with Gasteiger partial charge in [0.05, 0.1) is 6.54 Å². The first-order chi connectivity index (χ1) is 11.9. The first-order valence-corrected chi connectivity index (χ1v) is 8.51. The van der Waals surface area contributed by atoms with Crippen LogP contribution in [0.25, 0.3) is 0 Å². The molecule has 25 heavy (non-hydrogen) atoms. The summed E-state index contributed by atoms with van der Waals surface area (Å²) in [5.74, 6) is -0.201. The number of benzene rings is 2. The first-order valence-electron chi connectivity index (χ1n) is 8.10. The van der Waals surface area contributed by atoms with E-state index in [-0.39, 0.29) is 12.5 Å². The van der Waals surface area contributed by atoms with E-state index >= 15 is 0 Å². The zero-order valence-corrected chi connectivity index (χ0v) is 15.8. The topological polar surface area (TPSA) is 65.2 Å². The molecular formula is C19H24N4OS. The van der Waals surface area contributed by atoms with Gasteiger partial charge in [0.25, 0.3) is 5.91 Å². The summed E-state index contributed by atoms with van der Waals surface area (Å²) in [5.41, 5.74) is 11.7. The molecule has 132 valence electrons. The van der Waals surface area contributed by atoms with Gasteiger partial charge in [-0.25, -0.2) is 0 Å². The van der Waals surface area contributed by atoms with Gasteiger partial charge in [-0.2, -0.15) is 0 Å². The quantitative estimate of drug-likeness (QED) is 0.500. The number of rotatable bonds is 4. The molecule has 0 spiro atoms. The Labute approximate surface area is 154 Å². The molecule has 0 unspecified atom stereocenters. The van der Waals surface area contributed by atoms with E-state index in [9.17, 15) is 4.79 Å². The van der Waals surface area contributed by atoms with Crippen LogP contribution in [-0.4, -0.2) is 17.6 Å². The SMILES string of the molecule is Cc1cc(C)c(NCC(=O)NNC(=S)Nc2ccccc2C)c(C)c1. The fourth-order valence-corrected chi connectivity index (χ4v) is 2.83. The van der Waals surface area contributed by atoms with Crippen LogP contribution in [0.4, 0.5) is 11.4 Å². The van der Waals surface area contributed by atoms with Crippen molar-refractivity contribution in [2.24, 2.45) is 0 Å². The second kappa shape index (κ2) is 8.48. The standard InChI is InChI=1S/C19H24N4OS/c1-12-9-14(3)18(15(4)10-12)20-11-17(24)22-23-19(25)21-16-8-6-5-7-13(16)2/h5-10,20H,11H2,1-4H3,(H,22,24)(H2,21,23,25). The Bertz CT molecular complexity index is 766. The van der Waals surface area contributed by atoms with Gasteiger partial charge in [-0.1, -0.05) is 35.9 Å². The van der Waals surface area contributed by atoms with E-state index in [4.69, 9.17) is 12.2 Å². The van der Waals surface area contributed by atoms with Crippen LogP contribution in [0.1, 0.15) is 22.3 Å². The summed E-state index contributed by atoms with van der Waals surface area (Å²) >= 11 is 5.19. The Morgan fingerprint density at radius 1 is 0.960 bits per heavy atom. The van der Waals surface area contributed by atoms with E-state index in [0.717, 1.165) is 28.1 Å². The fourth-order valence-electron chi connectivity index (χ4n) is 2.66. The molecule has 0 aromatic heterocycles. The van der Waals surface area contributed by atoms with Crippen LogP contribution in [0.3, 0.4) is 0 Å². The van der Waals surface area contributed by atoms with Gasteiger partial charge >= 0.3 is 0 Å². The molecule has 0 bridgehead atoms. The molecule has 4 N–H and O–H groups in total. The average Bonchev–Trinajstić information content (AvgIpc) is 2.54. The van der Waals surface area contributed by atoms with Crippen LogP contribution in [0.5, 0.6) is 0 Å². The molecular weight excluding hydrogens is 332 g/mol. The Balaban J connectivity index is 1.81. The molecule has 0 radical (unpaired) electrons. The predicted molar refractivity (Wildman–Crippen MR) is 108 cm³/mol. The smallest absolute Gasteiger partial charge is 0.257 e. The van der Waals surface area contributed by atoms with Gasteiger partial charge in [-0.05, 0) is 62.7 Å². The molecule has 2 aromatic rings. The van der Waals surface area contributed by atoms with Crippen molar-refractivity contribution in [1.29, 1.82) is 0 Å². The number of hydrazine groups is 1. The summed E-state index contributed by atoms with van der Waals surface area (Å²) in [6.45, 7) is 8.26. The number of para-hydroxylation sites is 1. The lowest BCUT2D eigenvalue weighted by Gasteiger charge is -2.15. The van der Waals surface area contributed by atoms with Crippen LogP contribution in [0.15, 0.2) is 36.4 Å². The highest BCUT2D eigenvalue weighted by atomic mass is 32.1. The predicted octanol–water partition coefficient (Wildman–Crippen LogP) is 3.35. The highest BCUT2D eigenvalue weighted by Crippen LogP contribution is 2.21. The normalized spacial score (nSPS) is 10.1. The maximum atomic E-state index is 12.0. The largest absolute Gasteiger partial charge is 0.376 e. The van der Waals surface area contributed by atoms with Gasteiger partial charge in [0, 0.05) is 11.4 Å². The summed E-state index contributed by atoms with van der Waals surface area (Å²) in [6.07, 6.45) is 0. The maximum absolute atomic E-state index is 12.0. The van der Waals surface area contributed by atoms with Crippen molar-refractivity contribution in [3.05, 3.63) is 58.7 Å². The number of amides is 1. The lowest BCUT2D eigenvalue weighted by molar-refractivity contribution is -0.119. The highest BCUT2D eigenvalue weighted by Gasteiger charge is 2.07. The first kappa shape index (κ1) is 18.7. The summed E-state index contributed by atoms with van der Waals surface area (Å²) in [6, 6.07) is 12.0. The Morgan fingerprint density at radius 2 is 1.60 bits per heavy atom. The molecule has 0 fully saturated rings. The van der Waals surface area contributed by atoms with E-state index in [1.54, 1.807) is 0 Å². The molecule has 0 atom stereocenters. The monoisotopic (exact) mass is 356 g/mol. The second-order valence-corrected chi connectivity index (χ2v) is 6.48. The van der Waals surface area contributed by atoms with Crippen molar-refractivity contribution >= 4 is 34.6 Å². The second-order valence-electron chi connectivity index (χ2n) is 6.07. The average molecular weight is 356 g/mol. The van der Waals surface area contributed by atoms with Gasteiger partial charge < -0.3 is 10.6 Å². The van der Waals surface area contributed by atoms with E-state index in [0.29, 0.717) is 5.11 Å². The van der Waals surface area contributed by atoms with Gasteiger partial charge in [0.2, 0.25) is 0 Å². The Hall–Kier alpha value is -2.60. The van der Waals surface area contributed by atoms with Gasteiger partial charge in [-0.3, -0.25) is 15.6 Å². The van der Waals surface area contributed by atoms with Gasteiger partial charge in [0.15, 0.2) is 5.11 Å². The highest BCUT2D eigenvalue weighted by molar-refractivity contribution is 7.80. The summed E-state index contributed by atoms with van der Waals surface area (Å²) in [4.78, 5) is 12.0. The fraction of sp³-hybridized carbons (Fsp3) is 0.263. The van der Waals surface area contributed by atoms with E-state index in [1.807, 2.05) is 45.0 Å². The lowest BCUT2D eigenvalue weighted by Crippen LogP contribution is -2.46. The minimum atomic E-state index is -0.201. The number of thiocarbonyl (C=S) groups is 1. The molecule has 0 saturated carbocycles. The minimum Gasteiger partial charge on any atom is -0.376 e. The van der Waals surface area contributed by atoms with Crippen molar-refractivity contribution in [3.63, 3.8) is 0 Å². The summed E-state index contributed by atoms with van der Waals surface area (Å²) < 4.78 is 0. The third-order valence-electron chi connectivity index (χ3n) is 3.81. The van der Waals surface area contributed by atoms with E-state index in [2.05, 4.69) is 40.5 Å². The molecule has 0 saturated heterocycles. The summed E-state index contributed by atoms with van der Waals surface area (Å²) in [5, 5.41) is 6.56. The number of nitrogens with one attached hydrogen (secondary N) is 4. The molecule has 0 aliphatic carbocycles. The van der Waals surface area contributed by atoms with Gasteiger partial charge in [-0.15, -0.1) is 0 Å². The molecule has 0 aliphatic rings. The molecule has 2 rings (SSSR count). The molecule has 5 nitrogen and oxygen atoms in total. The lowest BCUT2D eigenvalue weighted by atomic mass is 10.1.